The van der Waals surface area contributed by atoms with Gasteiger partial charge in [-0.1, -0.05) is 0 Å². The van der Waals surface area contributed by atoms with Crippen LogP contribution in [0, 0.1) is 5.82 Å². The number of nitrogens with one attached hydrogen (secondary N) is 1. The summed E-state index contributed by atoms with van der Waals surface area (Å²) in [5, 5.41) is 0. The second kappa shape index (κ2) is 6.72. The van der Waals surface area contributed by atoms with Gasteiger partial charge >= 0.3 is 5.97 Å². The molecule has 0 bridgehead atoms. The van der Waals surface area contributed by atoms with Crippen LogP contribution in [0.2, 0.25) is 0 Å². The van der Waals surface area contributed by atoms with E-state index in [0.717, 1.165) is 19.2 Å². The molecule has 1 N–H and O–H groups in total. The molecule has 0 aliphatic rings. The number of esters is 1. The fourth-order valence-corrected chi connectivity index (χ4v) is 2.78. The first-order valence-corrected chi connectivity index (χ1v) is 7.52. The second-order valence-corrected chi connectivity index (χ2v) is 5.86. The molecule has 0 spiro atoms. The summed E-state index contributed by atoms with van der Waals surface area (Å²) in [7, 11) is -2.51. The van der Waals surface area contributed by atoms with E-state index in [9.17, 15) is 17.6 Å². The number of hydrogen-bond donors (Lipinski definition) is 1. The molecule has 0 saturated carbocycles. The van der Waals surface area contributed by atoms with Crippen LogP contribution >= 0.6 is 11.6 Å². The first kappa shape index (κ1) is 15.7. The van der Waals surface area contributed by atoms with Gasteiger partial charge in [0.1, 0.15) is 5.82 Å². The number of halogens is 2. The Hall–Kier alpha value is -1.34. The maximum absolute atomic E-state index is 13.1. The number of anilines is 1. The van der Waals surface area contributed by atoms with Gasteiger partial charge < -0.3 is 4.74 Å². The van der Waals surface area contributed by atoms with Crippen molar-refractivity contribution in [3.63, 3.8) is 0 Å². The topological polar surface area (TPSA) is 72.5 Å². The Morgan fingerprint density at radius 2 is 2.16 bits per heavy atom. The van der Waals surface area contributed by atoms with Gasteiger partial charge in [-0.2, -0.15) is 0 Å². The van der Waals surface area contributed by atoms with E-state index >= 15 is 0 Å². The number of benzene rings is 1. The molecule has 0 saturated heterocycles. The van der Waals surface area contributed by atoms with Gasteiger partial charge in [-0.25, -0.2) is 17.6 Å². The standard InChI is InChI=1S/C11H13ClFNO4S/c1-18-11(15)9-7-8(13)3-4-10(9)14-19(16,17)6-2-5-12/h3-4,7,14H,2,5-6H2,1H3. The number of alkyl halides is 1. The lowest BCUT2D eigenvalue weighted by atomic mass is 10.2. The summed E-state index contributed by atoms with van der Waals surface area (Å²) in [6.07, 6.45) is 0.269. The molecule has 0 unspecified atom stereocenters. The van der Waals surface area contributed by atoms with Gasteiger partial charge in [0.05, 0.1) is 24.1 Å². The monoisotopic (exact) mass is 309 g/mol. The van der Waals surface area contributed by atoms with Crippen LogP contribution in [0.15, 0.2) is 18.2 Å². The van der Waals surface area contributed by atoms with Crippen LogP contribution in [0.4, 0.5) is 10.1 Å². The zero-order valence-corrected chi connectivity index (χ0v) is 11.7. The number of sulfonamides is 1. The lowest BCUT2D eigenvalue weighted by Gasteiger charge is -2.11. The minimum Gasteiger partial charge on any atom is -0.465 e. The van der Waals surface area contributed by atoms with Crippen molar-refractivity contribution >= 4 is 33.3 Å². The molecule has 0 fully saturated rings. The molecular formula is C11H13ClFNO4S. The Morgan fingerprint density at radius 1 is 1.47 bits per heavy atom. The van der Waals surface area contributed by atoms with Crippen LogP contribution in [-0.2, 0) is 14.8 Å². The van der Waals surface area contributed by atoms with Crippen LogP contribution < -0.4 is 4.72 Å². The Labute approximate surface area is 115 Å². The zero-order chi connectivity index (χ0) is 14.5. The molecule has 19 heavy (non-hydrogen) atoms. The molecule has 8 heteroatoms. The minimum absolute atomic E-state index is 0.0252. The average Bonchev–Trinajstić information content (AvgIpc) is 2.37. The molecule has 0 amide bonds. The summed E-state index contributed by atoms with van der Waals surface area (Å²) >= 11 is 5.42. The lowest BCUT2D eigenvalue weighted by Crippen LogP contribution is -2.19. The molecule has 1 aromatic carbocycles. The van der Waals surface area contributed by atoms with Crippen molar-refractivity contribution in [3.05, 3.63) is 29.6 Å². The highest BCUT2D eigenvalue weighted by atomic mass is 35.5. The Bertz CT molecular complexity index is 562. The number of methoxy groups -OCH3 is 1. The van der Waals surface area contributed by atoms with Gasteiger partial charge in [0.2, 0.25) is 10.0 Å². The first-order valence-electron chi connectivity index (χ1n) is 5.34. The molecule has 5 nitrogen and oxygen atoms in total. The van der Waals surface area contributed by atoms with Crippen LogP contribution in [0.25, 0.3) is 0 Å². The fourth-order valence-electron chi connectivity index (χ4n) is 1.35. The first-order chi connectivity index (χ1) is 8.89. The van der Waals surface area contributed by atoms with Crippen molar-refractivity contribution in [2.24, 2.45) is 0 Å². The lowest BCUT2D eigenvalue weighted by molar-refractivity contribution is 0.0601. The van der Waals surface area contributed by atoms with E-state index in [1.54, 1.807) is 0 Å². The van der Waals surface area contributed by atoms with Crippen LogP contribution in [0.1, 0.15) is 16.8 Å². The van der Waals surface area contributed by atoms with Crippen LogP contribution in [-0.4, -0.2) is 33.1 Å². The maximum Gasteiger partial charge on any atom is 0.340 e. The molecule has 0 heterocycles. The highest BCUT2D eigenvalue weighted by molar-refractivity contribution is 7.92. The fraction of sp³-hybridized carbons (Fsp3) is 0.364. The van der Waals surface area contributed by atoms with Gasteiger partial charge in [0, 0.05) is 5.88 Å². The third-order valence-corrected chi connectivity index (χ3v) is 3.82. The van der Waals surface area contributed by atoms with Gasteiger partial charge in [0.25, 0.3) is 0 Å². The van der Waals surface area contributed by atoms with E-state index in [2.05, 4.69) is 9.46 Å². The van der Waals surface area contributed by atoms with Gasteiger partial charge in [-0.15, -0.1) is 11.6 Å². The molecule has 1 rings (SSSR count). The predicted molar refractivity (Wildman–Crippen MR) is 70.5 cm³/mol. The van der Waals surface area contributed by atoms with E-state index in [0.29, 0.717) is 0 Å². The van der Waals surface area contributed by atoms with Crippen molar-refractivity contribution in [1.82, 2.24) is 0 Å². The van der Waals surface area contributed by atoms with Crippen molar-refractivity contribution in [2.75, 3.05) is 23.5 Å². The van der Waals surface area contributed by atoms with Crippen LogP contribution in [0.3, 0.4) is 0 Å². The summed E-state index contributed by atoms with van der Waals surface area (Å²) in [6.45, 7) is 0. The van der Waals surface area contributed by atoms with Crippen molar-refractivity contribution < 1.29 is 22.3 Å². The number of carbonyl (C=O) groups excluding carboxylic acids is 1. The molecule has 0 aliphatic carbocycles. The summed E-state index contributed by atoms with van der Waals surface area (Å²) in [5.74, 6) is -1.47. The summed E-state index contributed by atoms with van der Waals surface area (Å²) in [5.41, 5.74) is -0.209. The molecule has 0 atom stereocenters. The minimum atomic E-state index is -3.64. The summed E-state index contributed by atoms with van der Waals surface area (Å²) in [6, 6.07) is 3.12. The zero-order valence-electron chi connectivity index (χ0n) is 10.2. The number of carbonyl (C=O) groups is 1. The highest BCUT2D eigenvalue weighted by Gasteiger charge is 2.17. The third kappa shape index (κ3) is 4.68. The third-order valence-electron chi connectivity index (χ3n) is 2.20. The number of ether oxygens (including phenoxy) is 1. The highest BCUT2D eigenvalue weighted by Crippen LogP contribution is 2.19. The van der Waals surface area contributed by atoms with Crippen molar-refractivity contribution in [1.29, 1.82) is 0 Å². The Balaban J connectivity index is 3.04. The average molecular weight is 310 g/mol. The molecule has 0 aliphatic heterocycles. The van der Waals surface area contributed by atoms with Crippen LogP contribution in [0.5, 0.6) is 0 Å². The van der Waals surface area contributed by atoms with E-state index in [1.807, 2.05) is 0 Å². The van der Waals surface area contributed by atoms with Gasteiger partial charge in [-0.3, -0.25) is 4.72 Å². The van der Waals surface area contributed by atoms with Gasteiger partial charge in [-0.05, 0) is 24.6 Å². The van der Waals surface area contributed by atoms with E-state index in [1.165, 1.54) is 6.07 Å². The summed E-state index contributed by atoms with van der Waals surface area (Å²) < 4.78 is 43.1. The van der Waals surface area contributed by atoms with Gasteiger partial charge in [0.15, 0.2) is 0 Å². The Morgan fingerprint density at radius 3 is 2.74 bits per heavy atom. The Kier molecular flexibility index (Phi) is 5.56. The molecular weight excluding hydrogens is 297 g/mol. The predicted octanol–water partition coefficient (Wildman–Crippen LogP) is 1.98. The van der Waals surface area contributed by atoms with E-state index in [4.69, 9.17) is 11.6 Å². The van der Waals surface area contributed by atoms with E-state index in [-0.39, 0.29) is 29.3 Å². The number of rotatable bonds is 6. The molecule has 106 valence electrons. The SMILES string of the molecule is COC(=O)c1cc(F)ccc1NS(=O)(=O)CCCCl. The van der Waals surface area contributed by atoms with E-state index < -0.39 is 21.8 Å². The molecule has 1 aromatic rings. The smallest absolute Gasteiger partial charge is 0.340 e. The normalized spacial score (nSPS) is 11.1. The largest absolute Gasteiger partial charge is 0.465 e. The van der Waals surface area contributed by atoms with Crippen molar-refractivity contribution in [3.8, 4) is 0 Å². The molecule has 0 radical (unpaired) electrons. The number of hydrogen-bond acceptors (Lipinski definition) is 4. The molecule has 0 aromatic heterocycles. The summed E-state index contributed by atoms with van der Waals surface area (Å²) in [4.78, 5) is 11.4. The van der Waals surface area contributed by atoms with Crippen molar-refractivity contribution in [2.45, 2.75) is 6.42 Å². The second-order valence-electron chi connectivity index (χ2n) is 3.64. The maximum atomic E-state index is 13.1. The quantitative estimate of drug-likeness (QED) is 0.644.